The van der Waals surface area contributed by atoms with Crippen LogP contribution in [0, 0.1) is 0 Å². The van der Waals surface area contributed by atoms with E-state index in [1.807, 2.05) is 18.2 Å². The second kappa shape index (κ2) is 5.12. The van der Waals surface area contributed by atoms with Crippen LogP contribution in [0.25, 0.3) is 0 Å². The van der Waals surface area contributed by atoms with Crippen LogP contribution in [0.1, 0.15) is 29.2 Å². The highest BCUT2D eigenvalue weighted by Crippen LogP contribution is 2.36. The van der Waals surface area contributed by atoms with Crippen molar-refractivity contribution in [1.82, 2.24) is 0 Å². The molecule has 1 aliphatic rings. The molecule has 94 valence electrons. The lowest BCUT2D eigenvalue weighted by atomic mass is 10.1. The highest BCUT2D eigenvalue weighted by molar-refractivity contribution is 7.07. The number of benzene rings is 1. The average Bonchev–Trinajstić information content (AvgIpc) is 3.01. The van der Waals surface area contributed by atoms with Gasteiger partial charge in [0.15, 0.2) is 0 Å². The third kappa shape index (κ3) is 2.28. The van der Waals surface area contributed by atoms with Crippen LogP contribution >= 0.6 is 11.3 Å². The van der Waals surface area contributed by atoms with Gasteiger partial charge in [-0.3, -0.25) is 0 Å². The summed E-state index contributed by atoms with van der Waals surface area (Å²) in [5.74, 6) is 0.944. The van der Waals surface area contributed by atoms with Gasteiger partial charge in [-0.15, -0.1) is 0 Å². The van der Waals surface area contributed by atoms with Crippen molar-refractivity contribution in [2.75, 3.05) is 6.61 Å². The SMILES string of the molecule is OC1CCc2c(OCCc3ccsc3)cccc21. The van der Waals surface area contributed by atoms with E-state index in [1.54, 1.807) is 11.3 Å². The topological polar surface area (TPSA) is 29.5 Å². The lowest BCUT2D eigenvalue weighted by Gasteiger charge is -2.11. The quantitative estimate of drug-likeness (QED) is 0.913. The molecule has 1 atom stereocenters. The number of fused-ring (bicyclic) bond motifs is 1. The molecule has 0 spiro atoms. The van der Waals surface area contributed by atoms with Crippen LogP contribution in [0.2, 0.25) is 0 Å². The minimum absolute atomic E-state index is 0.305. The average molecular weight is 260 g/mol. The predicted octanol–water partition coefficient (Wildman–Crippen LogP) is 3.35. The minimum Gasteiger partial charge on any atom is -0.493 e. The van der Waals surface area contributed by atoms with Gasteiger partial charge in [-0.05, 0) is 46.9 Å². The van der Waals surface area contributed by atoms with E-state index in [1.165, 1.54) is 11.1 Å². The molecule has 3 heteroatoms. The third-order valence-electron chi connectivity index (χ3n) is 3.42. The first-order valence-electron chi connectivity index (χ1n) is 6.28. The van der Waals surface area contributed by atoms with Crippen molar-refractivity contribution in [3.8, 4) is 5.75 Å². The number of rotatable bonds is 4. The van der Waals surface area contributed by atoms with Crippen LogP contribution in [0.3, 0.4) is 0 Å². The minimum atomic E-state index is -0.305. The molecule has 0 bridgehead atoms. The molecule has 1 unspecified atom stereocenters. The van der Waals surface area contributed by atoms with Gasteiger partial charge in [0.05, 0.1) is 12.7 Å². The van der Waals surface area contributed by atoms with Crippen molar-refractivity contribution in [1.29, 1.82) is 0 Å². The summed E-state index contributed by atoms with van der Waals surface area (Å²) in [6, 6.07) is 8.10. The van der Waals surface area contributed by atoms with E-state index in [2.05, 4.69) is 16.8 Å². The van der Waals surface area contributed by atoms with Crippen LogP contribution in [-0.4, -0.2) is 11.7 Å². The Kier molecular flexibility index (Phi) is 3.35. The summed E-state index contributed by atoms with van der Waals surface area (Å²) in [7, 11) is 0. The molecule has 0 radical (unpaired) electrons. The predicted molar refractivity (Wildman–Crippen MR) is 73.2 cm³/mol. The maximum absolute atomic E-state index is 9.83. The highest BCUT2D eigenvalue weighted by Gasteiger charge is 2.22. The molecule has 1 aliphatic carbocycles. The third-order valence-corrected chi connectivity index (χ3v) is 4.16. The van der Waals surface area contributed by atoms with Gasteiger partial charge in [-0.2, -0.15) is 11.3 Å². The second-order valence-electron chi connectivity index (χ2n) is 4.61. The largest absolute Gasteiger partial charge is 0.493 e. The number of hydrogen-bond donors (Lipinski definition) is 1. The van der Waals surface area contributed by atoms with E-state index in [4.69, 9.17) is 4.74 Å². The van der Waals surface area contributed by atoms with Gasteiger partial charge in [0.25, 0.3) is 0 Å². The summed E-state index contributed by atoms with van der Waals surface area (Å²) in [5, 5.41) is 14.1. The molecule has 1 aromatic carbocycles. The maximum atomic E-state index is 9.83. The molecule has 2 nitrogen and oxygen atoms in total. The molecular weight excluding hydrogens is 244 g/mol. The van der Waals surface area contributed by atoms with Gasteiger partial charge >= 0.3 is 0 Å². The number of aliphatic hydroxyl groups is 1. The summed E-state index contributed by atoms with van der Waals surface area (Å²) >= 11 is 1.72. The van der Waals surface area contributed by atoms with Crippen molar-refractivity contribution in [3.05, 3.63) is 51.7 Å². The molecule has 1 heterocycles. The molecular formula is C15H16O2S. The fraction of sp³-hybridized carbons (Fsp3) is 0.333. The lowest BCUT2D eigenvalue weighted by Crippen LogP contribution is -2.02. The van der Waals surface area contributed by atoms with Crippen molar-refractivity contribution in [2.24, 2.45) is 0 Å². The molecule has 0 fully saturated rings. The first-order chi connectivity index (χ1) is 8.84. The van der Waals surface area contributed by atoms with Gasteiger partial charge in [-0.1, -0.05) is 12.1 Å². The molecule has 18 heavy (non-hydrogen) atoms. The Morgan fingerprint density at radius 3 is 3.11 bits per heavy atom. The summed E-state index contributed by atoms with van der Waals surface area (Å²) in [6.45, 7) is 0.698. The normalized spacial score (nSPS) is 17.7. The Labute approximate surface area is 111 Å². The molecule has 1 aromatic heterocycles. The van der Waals surface area contributed by atoms with Crippen LogP contribution in [0.15, 0.2) is 35.0 Å². The molecule has 0 aliphatic heterocycles. The Morgan fingerprint density at radius 2 is 2.28 bits per heavy atom. The van der Waals surface area contributed by atoms with Crippen molar-refractivity contribution < 1.29 is 9.84 Å². The Balaban J connectivity index is 1.67. The number of hydrogen-bond acceptors (Lipinski definition) is 3. The van der Waals surface area contributed by atoms with Crippen LogP contribution in [0.5, 0.6) is 5.75 Å². The van der Waals surface area contributed by atoms with E-state index >= 15 is 0 Å². The summed E-state index contributed by atoms with van der Waals surface area (Å²) in [5.41, 5.74) is 3.56. The van der Waals surface area contributed by atoms with Gasteiger partial charge in [0, 0.05) is 12.0 Å². The zero-order valence-corrected chi connectivity index (χ0v) is 11.0. The number of ether oxygens (including phenoxy) is 1. The molecule has 0 saturated carbocycles. The molecule has 1 N–H and O–H groups in total. The van der Waals surface area contributed by atoms with Crippen LogP contribution in [-0.2, 0) is 12.8 Å². The zero-order chi connectivity index (χ0) is 12.4. The van der Waals surface area contributed by atoms with E-state index < -0.39 is 0 Å². The van der Waals surface area contributed by atoms with Crippen molar-refractivity contribution in [3.63, 3.8) is 0 Å². The number of aliphatic hydroxyl groups excluding tert-OH is 1. The Bertz CT molecular complexity index is 519. The number of thiophene rings is 1. The molecule has 0 saturated heterocycles. The fourth-order valence-corrected chi connectivity index (χ4v) is 3.15. The Morgan fingerprint density at radius 1 is 1.33 bits per heavy atom. The van der Waals surface area contributed by atoms with E-state index in [0.717, 1.165) is 30.6 Å². The molecule has 0 amide bonds. The van der Waals surface area contributed by atoms with E-state index in [9.17, 15) is 5.11 Å². The standard InChI is InChI=1S/C15H16O2S/c16-14-5-4-13-12(14)2-1-3-15(13)17-8-6-11-7-9-18-10-11/h1-3,7,9-10,14,16H,4-6,8H2. The van der Waals surface area contributed by atoms with E-state index in [-0.39, 0.29) is 6.10 Å². The van der Waals surface area contributed by atoms with Gasteiger partial charge < -0.3 is 9.84 Å². The second-order valence-corrected chi connectivity index (χ2v) is 5.39. The highest BCUT2D eigenvalue weighted by atomic mass is 32.1. The summed E-state index contributed by atoms with van der Waals surface area (Å²) in [4.78, 5) is 0. The van der Waals surface area contributed by atoms with Gasteiger partial charge in [0.1, 0.15) is 5.75 Å². The van der Waals surface area contributed by atoms with Gasteiger partial charge in [0.2, 0.25) is 0 Å². The van der Waals surface area contributed by atoms with Gasteiger partial charge in [-0.25, -0.2) is 0 Å². The lowest BCUT2D eigenvalue weighted by molar-refractivity contribution is 0.180. The van der Waals surface area contributed by atoms with Crippen LogP contribution < -0.4 is 4.74 Å². The monoisotopic (exact) mass is 260 g/mol. The molecule has 2 aromatic rings. The first-order valence-corrected chi connectivity index (χ1v) is 7.22. The smallest absolute Gasteiger partial charge is 0.122 e. The Hall–Kier alpha value is -1.32. The maximum Gasteiger partial charge on any atom is 0.122 e. The summed E-state index contributed by atoms with van der Waals surface area (Å²) < 4.78 is 5.86. The van der Waals surface area contributed by atoms with Crippen molar-refractivity contribution >= 4 is 11.3 Å². The zero-order valence-electron chi connectivity index (χ0n) is 10.1. The summed E-state index contributed by atoms with van der Waals surface area (Å²) in [6.07, 6.45) is 2.38. The first kappa shape index (κ1) is 11.8. The van der Waals surface area contributed by atoms with E-state index in [0.29, 0.717) is 6.61 Å². The molecule has 3 rings (SSSR count). The van der Waals surface area contributed by atoms with Crippen LogP contribution in [0.4, 0.5) is 0 Å². The van der Waals surface area contributed by atoms with Crippen molar-refractivity contribution in [2.45, 2.75) is 25.4 Å². The fourth-order valence-electron chi connectivity index (χ4n) is 2.45.